The van der Waals surface area contributed by atoms with Crippen LogP contribution in [0.15, 0.2) is 47.4 Å². The second-order valence-electron chi connectivity index (χ2n) is 6.55. The fourth-order valence-corrected chi connectivity index (χ4v) is 4.58. The standard InChI is InChI=1S/C22H27NO7S/c1-15(17-9-7-8-10-18(17)27-3)23(2)31(25,26)20-14-16(11-12-21(24)29-5)13-19(28-4)22(20)30-6/h7-15H,1-6H3/b12-11+. The Hall–Kier alpha value is -3.04. The molecule has 0 saturated heterocycles. The molecule has 0 spiro atoms. The molecule has 0 aliphatic heterocycles. The summed E-state index contributed by atoms with van der Waals surface area (Å²) >= 11 is 0. The monoisotopic (exact) mass is 449 g/mol. The summed E-state index contributed by atoms with van der Waals surface area (Å²) in [5, 5.41) is 0. The zero-order valence-electron chi connectivity index (χ0n) is 18.4. The number of ether oxygens (including phenoxy) is 4. The summed E-state index contributed by atoms with van der Waals surface area (Å²) < 4.78 is 49.0. The molecule has 8 nitrogen and oxygen atoms in total. The Kier molecular flexibility index (Phi) is 8.07. The fourth-order valence-electron chi connectivity index (χ4n) is 3.04. The minimum atomic E-state index is -4.03. The maximum atomic E-state index is 13.6. The van der Waals surface area contributed by atoms with Gasteiger partial charge in [0.05, 0.1) is 34.5 Å². The predicted molar refractivity (Wildman–Crippen MR) is 117 cm³/mol. The zero-order chi connectivity index (χ0) is 23.2. The van der Waals surface area contributed by atoms with Crippen molar-refractivity contribution in [2.45, 2.75) is 17.9 Å². The Morgan fingerprint density at radius 1 is 1.00 bits per heavy atom. The first-order chi connectivity index (χ1) is 14.7. The Labute approximate surface area is 183 Å². The van der Waals surface area contributed by atoms with Crippen LogP contribution in [0.5, 0.6) is 17.2 Å². The number of esters is 1. The van der Waals surface area contributed by atoms with Gasteiger partial charge in [0.2, 0.25) is 10.0 Å². The summed E-state index contributed by atoms with van der Waals surface area (Å²) in [6.07, 6.45) is 2.63. The lowest BCUT2D eigenvalue weighted by molar-refractivity contribution is -0.134. The summed E-state index contributed by atoms with van der Waals surface area (Å²) in [5.41, 5.74) is 1.14. The van der Waals surface area contributed by atoms with Gasteiger partial charge < -0.3 is 18.9 Å². The lowest BCUT2D eigenvalue weighted by Crippen LogP contribution is -2.30. The van der Waals surface area contributed by atoms with Crippen molar-refractivity contribution in [2.24, 2.45) is 0 Å². The van der Waals surface area contributed by atoms with Gasteiger partial charge in [0.1, 0.15) is 10.6 Å². The molecule has 0 fully saturated rings. The van der Waals surface area contributed by atoms with Gasteiger partial charge in [0, 0.05) is 18.7 Å². The van der Waals surface area contributed by atoms with Crippen molar-refractivity contribution in [1.82, 2.24) is 4.31 Å². The van der Waals surface area contributed by atoms with E-state index in [1.807, 2.05) is 18.2 Å². The summed E-state index contributed by atoms with van der Waals surface area (Å²) in [6.45, 7) is 1.76. The number of hydrogen-bond donors (Lipinski definition) is 0. The molecule has 0 aliphatic rings. The molecule has 0 aliphatic carbocycles. The van der Waals surface area contributed by atoms with Crippen LogP contribution in [-0.4, -0.2) is 54.2 Å². The maximum Gasteiger partial charge on any atom is 0.330 e. The third-order valence-corrected chi connectivity index (χ3v) is 6.81. The van der Waals surface area contributed by atoms with Gasteiger partial charge in [-0.3, -0.25) is 0 Å². The second kappa shape index (κ2) is 10.3. The van der Waals surface area contributed by atoms with Crippen LogP contribution in [0.1, 0.15) is 24.1 Å². The summed E-state index contributed by atoms with van der Waals surface area (Å²) in [5.74, 6) is 0.292. The van der Waals surface area contributed by atoms with Gasteiger partial charge in [-0.1, -0.05) is 18.2 Å². The molecule has 9 heteroatoms. The lowest BCUT2D eigenvalue weighted by atomic mass is 10.1. The van der Waals surface area contributed by atoms with E-state index in [9.17, 15) is 13.2 Å². The third-order valence-electron chi connectivity index (χ3n) is 4.87. The Morgan fingerprint density at radius 3 is 2.23 bits per heavy atom. The highest BCUT2D eigenvalue weighted by Gasteiger charge is 2.32. The molecule has 1 atom stereocenters. The van der Waals surface area contributed by atoms with Gasteiger partial charge in [0.25, 0.3) is 0 Å². The van der Waals surface area contributed by atoms with Gasteiger partial charge in [-0.05, 0) is 36.8 Å². The van der Waals surface area contributed by atoms with E-state index < -0.39 is 22.0 Å². The molecule has 0 N–H and O–H groups in total. The molecule has 2 rings (SSSR count). The van der Waals surface area contributed by atoms with E-state index in [4.69, 9.17) is 14.2 Å². The molecule has 0 amide bonds. The van der Waals surface area contributed by atoms with Gasteiger partial charge in [0.15, 0.2) is 11.5 Å². The third kappa shape index (κ3) is 5.18. The van der Waals surface area contributed by atoms with E-state index >= 15 is 0 Å². The summed E-state index contributed by atoms with van der Waals surface area (Å²) in [4.78, 5) is 11.4. The minimum Gasteiger partial charge on any atom is -0.496 e. The quantitative estimate of drug-likeness (QED) is 0.429. The van der Waals surface area contributed by atoms with E-state index in [-0.39, 0.29) is 16.4 Å². The number of hydrogen-bond acceptors (Lipinski definition) is 7. The predicted octanol–water partition coefficient (Wildman–Crippen LogP) is 3.28. The molecule has 0 bridgehead atoms. The Balaban J connectivity index is 2.60. The van der Waals surface area contributed by atoms with Crippen molar-refractivity contribution in [3.05, 3.63) is 53.6 Å². The normalized spacial score (nSPS) is 12.6. The highest BCUT2D eigenvalue weighted by atomic mass is 32.2. The van der Waals surface area contributed by atoms with Crippen molar-refractivity contribution in [2.75, 3.05) is 35.5 Å². The van der Waals surface area contributed by atoms with E-state index in [1.54, 1.807) is 19.1 Å². The molecule has 0 radical (unpaired) electrons. The number of carbonyl (C=O) groups is 1. The SMILES string of the molecule is COC(=O)/C=C/c1cc(OC)c(OC)c(S(=O)(=O)N(C)C(C)c2ccccc2OC)c1. The number of rotatable bonds is 9. The second-order valence-corrected chi connectivity index (χ2v) is 8.52. The van der Waals surface area contributed by atoms with Crippen LogP contribution in [0.4, 0.5) is 0 Å². The number of nitrogens with zero attached hydrogens (tertiary/aromatic N) is 1. The van der Waals surface area contributed by atoms with Crippen LogP contribution in [0.25, 0.3) is 6.08 Å². The Morgan fingerprint density at radius 2 is 1.65 bits per heavy atom. The van der Waals surface area contributed by atoms with Gasteiger partial charge in [-0.2, -0.15) is 4.31 Å². The molecule has 31 heavy (non-hydrogen) atoms. The van der Waals surface area contributed by atoms with Crippen LogP contribution >= 0.6 is 0 Å². The topological polar surface area (TPSA) is 91.4 Å². The highest BCUT2D eigenvalue weighted by molar-refractivity contribution is 7.89. The van der Waals surface area contributed by atoms with Crippen LogP contribution < -0.4 is 14.2 Å². The number of methoxy groups -OCH3 is 4. The summed E-state index contributed by atoms with van der Waals surface area (Å²) in [6, 6.07) is 9.66. The minimum absolute atomic E-state index is 0.0665. The molecular weight excluding hydrogens is 422 g/mol. The number of carbonyl (C=O) groups excluding carboxylic acids is 1. The van der Waals surface area contributed by atoms with E-state index in [1.165, 1.54) is 58.0 Å². The van der Waals surface area contributed by atoms with Crippen LogP contribution in [0.2, 0.25) is 0 Å². The van der Waals surface area contributed by atoms with Crippen LogP contribution in [0, 0.1) is 0 Å². The van der Waals surface area contributed by atoms with Crippen molar-refractivity contribution in [3.63, 3.8) is 0 Å². The molecule has 0 saturated carbocycles. The number of para-hydroxylation sites is 1. The van der Waals surface area contributed by atoms with Gasteiger partial charge in [-0.25, -0.2) is 13.2 Å². The summed E-state index contributed by atoms with van der Waals surface area (Å²) in [7, 11) is 3.01. The van der Waals surface area contributed by atoms with Crippen molar-refractivity contribution in [3.8, 4) is 17.2 Å². The molecule has 2 aromatic rings. The van der Waals surface area contributed by atoms with Crippen molar-refractivity contribution in [1.29, 1.82) is 0 Å². The average molecular weight is 450 g/mol. The maximum absolute atomic E-state index is 13.6. The first-order valence-corrected chi connectivity index (χ1v) is 10.8. The van der Waals surface area contributed by atoms with E-state index in [0.717, 1.165) is 0 Å². The zero-order valence-corrected chi connectivity index (χ0v) is 19.2. The first kappa shape index (κ1) is 24.2. The van der Waals surface area contributed by atoms with E-state index in [0.29, 0.717) is 16.9 Å². The van der Waals surface area contributed by atoms with Crippen molar-refractivity contribution >= 4 is 22.1 Å². The van der Waals surface area contributed by atoms with Crippen LogP contribution in [-0.2, 0) is 19.6 Å². The number of benzene rings is 2. The van der Waals surface area contributed by atoms with E-state index in [2.05, 4.69) is 4.74 Å². The molecule has 0 aromatic heterocycles. The molecule has 168 valence electrons. The Bertz CT molecular complexity index is 1060. The first-order valence-electron chi connectivity index (χ1n) is 9.34. The average Bonchev–Trinajstić information content (AvgIpc) is 2.80. The largest absolute Gasteiger partial charge is 0.496 e. The van der Waals surface area contributed by atoms with Gasteiger partial charge >= 0.3 is 5.97 Å². The molecule has 2 aromatic carbocycles. The fraction of sp³-hybridized carbons (Fsp3) is 0.318. The van der Waals surface area contributed by atoms with Crippen LogP contribution in [0.3, 0.4) is 0 Å². The van der Waals surface area contributed by atoms with Crippen molar-refractivity contribution < 1.29 is 32.2 Å². The molecular formula is C22H27NO7S. The smallest absolute Gasteiger partial charge is 0.330 e. The van der Waals surface area contributed by atoms with Gasteiger partial charge in [-0.15, -0.1) is 0 Å². The number of sulfonamides is 1. The molecule has 0 heterocycles. The lowest BCUT2D eigenvalue weighted by Gasteiger charge is -2.27. The highest BCUT2D eigenvalue weighted by Crippen LogP contribution is 2.39. The molecule has 1 unspecified atom stereocenters.